The van der Waals surface area contributed by atoms with Crippen molar-refractivity contribution in [2.75, 3.05) is 7.11 Å². The van der Waals surface area contributed by atoms with Gasteiger partial charge in [-0.2, -0.15) is 0 Å². The molecular weight excluding hydrogens is 224 g/mol. The number of hydrogen-bond acceptors (Lipinski definition) is 4. The van der Waals surface area contributed by atoms with Crippen molar-refractivity contribution in [3.8, 4) is 0 Å². The highest BCUT2D eigenvalue weighted by Crippen LogP contribution is 2.08. The molecule has 0 aliphatic carbocycles. The van der Waals surface area contributed by atoms with Gasteiger partial charge in [-0.3, -0.25) is 0 Å². The van der Waals surface area contributed by atoms with E-state index in [1.54, 1.807) is 13.1 Å². The van der Waals surface area contributed by atoms with Gasteiger partial charge in [0.05, 0.1) is 0 Å². The monoisotopic (exact) mass is 240 g/mol. The van der Waals surface area contributed by atoms with Crippen molar-refractivity contribution in [2.24, 2.45) is 0 Å². The van der Waals surface area contributed by atoms with Gasteiger partial charge in [0, 0.05) is 7.11 Å². The van der Waals surface area contributed by atoms with Crippen LogP contribution in [0.2, 0.25) is 13.1 Å². The van der Waals surface area contributed by atoms with Gasteiger partial charge in [-0.1, -0.05) is 30.3 Å². The first-order valence-corrected chi connectivity index (χ1v) is 7.80. The quantitative estimate of drug-likeness (QED) is 0.599. The Labute approximate surface area is 96.4 Å². The molecule has 0 amide bonds. The Morgan fingerprint density at radius 1 is 1.25 bits per heavy atom. The lowest BCUT2D eigenvalue weighted by molar-refractivity contribution is 0.0798. The molecule has 0 bridgehead atoms. The summed E-state index contributed by atoms with van der Waals surface area (Å²) in [6.07, 6.45) is -0.678. The Hall–Kier alpha value is -1.33. The largest absolute Gasteiger partial charge is 0.496 e. The molecule has 1 aromatic rings. The third-order valence-corrected chi connectivity index (χ3v) is 3.66. The van der Waals surface area contributed by atoms with E-state index in [0.717, 1.165) is 5.56 Å². The lowest BCUT2D eigenvalue weighted by atomic mass is 10.2. The highest BCUT2D eigenvalue weighted by Gasteiger charge is 2.28. The molecule has 5 heteroatoms. The zero-order valence-electron chi connectivity index (χ0n) is 9.73. The van der Waals surface area contributed by atoms with E-state index in [0.29, 0.717) is 0 Å². The van der Waals surface area contributed by atoms with Gasteiger partial charge in [0.2, 0.25) is 0 Å². The van der Waals surface area contributed by atoms with Crippen LogP contribution in [0, 0.1) is 0 Å². The van der Waals surface area contributed by atoms with E-state index in [2.05, 4.69) is 0 Å². The second-order valence-electron chi connectivity index (χ2n) is 3.73. The molecule has 0 saturated carbocycles. The fourth-order valence-electron chi connectivity index (χ4n) is 0.988. The summed E-state index contributed by atoms with van der Waals surface area (Å²) in [6, 6.07) is 9.44. The average Bonchev–Trinajstić information content (AvgIpc) is 2.27. The fraction of sp³-hybridized carbons (Fsp3) is 0.364. The number of carbonyl (C=O) groups excluding carboxylic acids is 1. The van der Waals surface area contributed by atoms with E-state index in [1.807, 2.05) is 30.3 Å². The molecule has 16 heavy (non-hydrogen) atoms. The van der Waals surface area contributed by atoms with Crippen LogP contribution in [0.1, 0.15) is 5.56 Å². The lowest BCUT2D eigenvalue weighted by Crippen LogP contribution is -2.36. The van der Waals surface area contributed by atoms with Crippen molar-refractivity contribution >= 4 is 14.7 Å². The number of ether oxygens (including phenoxy) is 1. The molecule has 88 valence electrons. The molecule has 0 saturated heterocycles. The molecule has 1 rings (SSSR count). The van der Waals surface area contributed by atoms with Gasteiger partial charge >= 0.3 is 14.7 Å². The predicted molar refractivity (Wildman–Crippen MR) is 62.2 cm³/mol. The van der Waals surface area contributed by atoms with Crippen molar-refractivity contribution in [2.45, 2.75) is 19.7 Å². The molecule has 0 unspecified atom stereocenters. The summed E-state index contributed by atoms with van der Waals surface area (Å²) in [5, 5.41) is 0. The minimum absolute atomic E-state index is 0.216. The maximum absolute atomic E-state index is 11.3. The molecule has 0 N–H and O–H groups in total. The van der Waals surface area contributed by atoms with Gasteiger partial charge in [0.1, 0.15) is 6.61 Å². The smallest absolute Gasteiger partial charge is 0.463 e. The Kier molecular flexibility index (Phi) is 4.51. The molecule has 0 aromatic heterocycles. The van der Waals surface area contributed by atoms with E-state index < -0.39 is 14.7 Å². The maximum Gasteiger partial charge on any atom is 0.496 e. The zero-order valence-corrected chi connectivity index (χ0v) is 10.7. The minimum atomic E-state index is -2.35. The maximum atomic E-state index is 11.3. The van der Waals surface area contributed by atoms with Crippen molar-refractivity contribution in [3.05, 3.63) is 35.9 Å². The van der Waals surface area contributed by atoms with Gasteiger partial charge in [0.25, 0.3) is 0 Å². The highest BCUT2D eigenvalue weighted by atomic mass is 28.4. The normalized spacial score (nSPS) is 10.9. The molecule has 0 radical (unpaired) electrons. The fourth-order valence-corrected chi connectivity index (χ4v) is 1.53. The van der Waals surface area contributed by atoms with Crippen LogP contribution in [0.3, 0.4) is 0 Å². The van der Waals surface area contributed by atoms with Crippen molar-refractivity contribution < 1.29 is 18.4 Å². The topological polar surface area (TPSA) is 44.8 Å². The molecule has 4 nitrogen and oxygen atoms in total. The van der Waals surface area contributed by atoms with Gasteiger partial charge in [0.15, 0.2) is 0 Å². The second kappa shape index (κ2) is 5.67. The van der Waals surface area contributed by atoms with E-state index in [9.17, 15) is 4.79 Å². The Bertz CT molecular complexity index is 337. The number of hydrogen-bond donors (Lipinski definition) is 0. The Morgan fingerprint density at radius 2 is 1.88 bits per heavy atom. The van der Waals surface area contributed by atoms with Gasteiger partial charge in [-0.25, -0.2) is 4.79 Å². The molecule has 0 aliphatic heterocycles. The van der Waals surface area contributed by atoms with E-state index in [1.165, 1.54) is 7.11 Å². The standard InChI is InChI=1S/C11H16O4Si/c1-13-16(2,3)15-11(12)14-9-10-7-5-4-6-8-10/h4-8H,9H2,1-3H3. The van der Waals surface area contributed by atoms with Gasteiger partial charge < -0.3 is 13.6 Å². The van der Waals surface area contributed by atoms with Crippen molar-refractivity contribution in [1.29, 1.82) is 0 Å². The van der Waals surface area contributed by atoms with Crippen LogP contribution in [-0.4, -0.2) is 21.8 Å². The molecule has 0 heterocycles. The average molecular weight is 240 g/mol. The first-order chi connectivity index (χ1) is 7.53. The molecule has 0 fully saturated rings. The summed E-state index contributed by atoms with van der Waals surface area (Å²) >= 11 is 0. The van der Waals surface area contributed by atoms with Gasteiger partial charge in [-0.15, -0.1) is 0 Å². The summed E-state index contributed by atoms with van der Waals surface area (Å²) in [5.41, 5.74) is 0.927. The van der Waals surface area contributed by atoms with Crippen molar-refractivity contribution in [3.63, 3.8) is 0 Å². The number of carbonyl (C=O) groups is 1. The summed E-state index contributed by atoms with van der Waals surface area (Å²) < 4.78 is 15.1. The minimum Gasteiger partial charge on any atom is -0.463 e. The third-order valence-electron chi connectivity index (χ3n) is 2.02. The second-order valence-corrected chi connectivity index (χ2v) is 7.14. The summed E-state index contributed by atoms with van der Waals surface area (Å²) in [4.78, 5) is 11.3. The lowest BCUT2D eigenvalue weighted by Gasteiger charge is -2.19. The van der Waals surface area contributed by atoms with Crippen molar-refractivity contribution in [1.82, 2.24) is 0 Å². The van der Waals surface area contributed by atoms with Gasteiger partial charge in [-0.05, 0) is 18.7 Å². The summed E-state index contributed by atoms with van der Waals surface area (Å²) in [7, 11) is -0.829. The van der Waals surface area contributed by atoms with E-state index in [4.69, 9.17) is 13.6 Å². The first kappa shape index (κ1) is 12.7. The summed E-state index contributed by atoms with van der Waals surface area (Å²) in [6.45, 7) is 3.77. The zero-order chi connectivity index (χ0) is 12.0. The Morgan fingerprint density at radius 3 is 2.44 bits per heavy atom. The van der Waals surface area contributed by atoms with Crippen LogP contribution >= 0.6 is 0 Å². The van der Waals surface area contributed by atoms with E-state index in [-0.39, 0.29) is 6.61 Å². The molecule has 0 aliphatic rings. The summed E-state index contributed by atoms with van der Waals surface area (Å²) in [5.74, 6) is 0. The van der Waals surface area contributed by atoms with Crippen LogP contribution in [0.15, 0.2) is 30.3 Å². The molecule has 0 spiro atoms. The molecular formula is C11H16O4Si. The predicted octanol–water partition coefficient (Wildman–Crippen LogP) is 2.69. The van der Waals surface area contributed by atoms with E-state index >= 15 is 0 Å². The molecule has 1 aromatic carbocycles. The highest BCUT2D eigenvalue weighted by molar-refractivity contribution is 6.65. The number of benzene rings is 1. The van der Waals surface area contributed by atoms with Crippen LogP contribution in [0.5, 0.6) is 0 Å². The molecule has 0 atom stereocenters. The first-order valence-electron chi connectivity index (χ1n) is 4.98. The Balaban J connectivity index is 2.36. The third kappa shape index (κ3) is 4.46. The van der Waals surface area contributed by atoms with Crippen LogP contribution in [0.25, 0.3) is 0 Å². The SMILES string of the molecule is CO[Si](C)(C)OC(=O)OCc1ccccc1. The van der Waals surface area contributed by atoms with Crippen LogP contribution in [-0.2, 0) is 20.2 Å². The van der Waals surface area contributed by atoms with Crippen LogP contribution in [0.4, 0.5) is 4.79 Å². The van der Waals surface area contributed by atoms with Crippen LogP contribution < -0.4 is 0 Å². The number of rotatable bonds is 4.